The minimum Gasteiger partial charge on any atom is -0.244 e. The predicted octanol–water partition coefficient (Wildman–Crippen LogP) is 5.74. The molecule has 0 spiro atoms. The molecule has 0 radical (unpaired) electrons. The summed E-state index contributed by atoms with van der Waals surface area (Å²) in [5.41, 5.74) is 5.13. The van der Waals surface area contributed by atoms with Crippen LogP contribution in [-0.2, 0) is 0 Å². The molecule has 6 heteroatoms. The van der Waals surface area contributed by atoms with E-state index in [1.54, 1.807) is 4.52 Å². The number of aromatic nitrogens is 5. The lowest BCUT2D eigenvalue weighted by Gasteiger charge is -2.02. The van der Waals surface area contributed by atoms with Crippen LogP contribution in [-0.4, -0.2) is 24.8 Å². The van der Waals surface area contributed by atoms with Crippen molar-refractivity contribution in [3.8, 4) is 33.2 Å². The standard InChI is InChI=1S/C24H15N5S/c1-2-6-16(7-3-1)17-10-12-19(13-11-17)23-28-29-22(26-27-24(29)30-23)21-15-14-18-8-4-5-9-20(18)25-21/h1-15H. The summed E-state index contributed by atoms with van der Waals surface area (Å²) in [5.74, 6) is 0.652. The van der Waals surface area contributed by atoms with E-state index in [4.69, 9.17) is 10.1 Å². The van der Waals surface area contributed by atoms with Crippen LogP contribution < -0.4 is 0 Å². The summed E-state index contributed by atoms with van der Waals surface area (Å²) in [6, 6.07) is 30.9. The van der Waals surface area contributed by atoms with Gasteiger partial charge >= 0.3 is 0 Å². The average molecular weight is 405 g/mol. The third-order valence-electron chi connectivity index (χ3n) is 5.06. The first-order chi connectivity index (χ1) is 14.8. The highest BCUT2D eigenvalue weighted by atomic mass is 32.1. The SMILES string of the molecule is c1ccc(-c2ccc(-c3nn4c(-c5ccc6ccccc6n5)nnc4s3)cc2)cc1. The molecular formula is C24H15N5S. The average Bonchev–Trinajstić information content (AvgIpc) is 3.41. The van der Waals surface area contributed by atoms with Gasteiger partial charge in [0.15, 0.2) is 0 Å². The second kappa shape index (κ2) is 6.86. The molecule has 0 atom stereocenters. The zero-order valence-corrected chi connectivity index (χ0v) is 16.6. The lowest BCUT2D eigenvalue weighted by molar-refractivity contribution is 0.964. The number of fused-ring (bicyclic) bond motifs is 2. The Labute approximate surface area is 176 Å². The van der Waals surface area contributed by atoms with Crippen LogP contribution in [0.2, 0.25) is 0 Å². The van der Waals surface area contributed by atoms with Gasteiger partial charge in [-0.25, -0.2) is 4.98 Å². The van der Waals surface area contributed by atoms with Crippen molar-refractivity contribution in [2.45, 2.75) is 0 Å². The molecule has 3 heterocycles. The van der Waals surface area contributed by atoms with Crippen LogP contribution in [0.25, 0.3) is 49.1 Å². The Morgan fingerprint density at radius 2 is 1.37 bits per heavy atom. The van der Waals surface area contributed by atoms with Crippen LogP contribution in [0.3, 0.4) is 0 Å². The van der Waals surface area contributed by atoms with Gasteiger partial charge in [-0.15, -0.1) is 10.2 Å². The second-order valence-electron chi connectivity index (χ2n) is 6.96. The molecule has 30 heavy (non-hydrogen) atoms. The fourth-order valence-electron chi connectivity index (χ4n) is 3.52. The maximum absolute atomic E-state index is 4.77. The Morgan fingerprint density at radius 3 is 2.23 bits per heavy atom. The Kier molecular flexibility index (Phi) is 3.89. The molecule has 0 aliphatic heterocycles. The molecule has 0 N–H and O–H groups in total. The van der Waals surface area contributed by atoms with Crippen molar-refractivity contribution < 1.29 is 0 Å². The highest BCUT2D eigenvalue weighted by molar-refractivity contribution is 7.19. The molecule has 0 aliphatic rings. The van der Waals surface area contributed by atoms with E-state index in [1.807, 2.05) is 42.5 Å². The maximum Gasteiger partial charge on any atom is 0.235 e. The molecule has 0 amide bonds. The third kappa shape index (κ3) is 2.86. The van der Waals surface area contributed by atoms with Gasteiger partial charge in [-0.1, -0.05) is 90.2 Å². The molecule has 0 saturated heterocycles. The Balaban J connectivity index is 1.39. The Morgan fingerprint density at radius 1 is 0.633 bits per heavy atom. The van der Waals surface area contributed by atoms with E-state index < -0.39 is 0 Å². The number of para-hydroxylation sites is 1. The summed E-state index contributed by atoms with van der Waals surface area (Å²) in [5, 5.41) is 15.4. The first-order valence-corrected chi connectivity index (χ1v) is 10.4. The summed E-state index contributed by atoms with van der Waals surface area (Å²) < 4.78 is 1.78. The van der Waals surface area contributed by atoms with E-state index in [1.165, 1.54) is 22.5 Å². The predicted molar refractivity (Wildman–Crippen MR) is 120 cm³/mol. The highest BCUT2D eigenvalue weighted by Crippen LogP contribution is 2.30. The first kappa shape index (κ1) is 17.0. The van der Waals surface area contributed by atoms with E-state index in [0.29, 0.717) is 5.82 Å². The zero-order valence-electron chi connectivity index (χ0n) is 15.8. The summed E-state index contributed by atoms with van der Waals surface area (Å²) in [4.78, 5) is 5.49. The zero-order chi connectivity index (χ0) is 19.9. The molecule has 0 fully saturated rings. The summed E-state index contributed by atoms with van der Waals surface area (Å²) in [7, 11) is 0. The quantitative estimate of drug-likeness (QED) is 0.377. The van der Waals surface area contributed by atoms with Gasteiger partial charge in [0.25, 0.3) is 0 Å². The van der Waals surface area contributed by atoms with Crippen LogP contribution in [0.5, 0.6) is 0 Å². The van der Waals surface area contributed by atoms with Crippen molar-refractivity contribution in [1.82, 2.24) is 24.8 Å². The van der Waals surface area contributed by atoms with E-state index in [2.05, 4.69) is 58.7 Å². The van der Waals surface area contributed by atoms with Gasteiger partial charge in [0.1, 0.15) is 10.7 Å². The Hall–Kier alpha value is -3.90. The fourth-order valence-corrected chi connectivity index (χ4v) is 4.36. The molecule has 0 aliphatic carbocycles. The minimum absolute atomic E-state index is 0.652. The third-order valence-corrected chi connectivity index (χ3v) is 6.01. The van der Waals surface area contributed by atoms with E-state index in [-0.39, 0.29) is 0 Å². The molecule has 142 valence electrons. The number of nitrogens with zero attached hydrogens (tertiary/aromatic N) is 5. The van der Waals surface area contributed by atoms with Crippen LogP contribution in [0.1, 0.15) is 0 Å². The number of pyridine rings is 1. The van der Waals surface area contributed by atoms with Gasteiger partial charge in [0, 0.05) is 10.9 Å². The van der Waals surface area contributed by atoms with Crippen LogP contribution in [0, 0.1) is 0 Å². The van der Waals surface area contributed by atoms with Gasteiger partial charge in [-0.2, -0.15) is 9.61 Å². The molecule has 5 nitrogen and oxygen atoms in total. The van der Waals surface area contributed by atoms with Gasteiger partial charge in [-0.05, 0) is 23.3 Å². The van der Waals surface area contributed by atoms with Crippen molar-refractivity contribution in [2.75, 3.05) is 0 Å². The molecule has 0 unspecified atom stereocenters. The van der Waals surface area contributed by atoms with Gasteiger partial charge in [0.05, 0.1) is 5.52 Å². The van der Waals surface area contributed by atoms with Crippen LogP contribution in [0.15, 0.2) is 91.0 Å². The molecule has 3 aromatic heterocycles. The molecular weight excluding hydrogens is 390 g/mol. The van der Waals surface area contributed by atoms with E-state index >= 15 is 0 Å². The normalized spacial score (nSPS) is 11.3. The monoisotopic (exact) mass is 405 g/mol. The smallest absolute Gasteiger partial charge is 0.235 e. The highest BCUT2D eigenvalue weighted by Gasteiger charge is 2.15. The largest absolute Gasteiger partial charge is 0.244 e. The van der Waals surface area contributed by atoms with Gasteiger partial charge < -0.3 is 0 Å². The lowest BCUT2D eigenvalue weighted by Crippen LogP contribution is -1.93. The number of hydrogen-bond donors (Lipinski definition) is 0. The molecule has 3 aromatic carbocycles. The van der Waals surface area contributed by atoms with Crippen molar-refractivity contribution in [3.63, 3.8) is 0 Å². The molecule has 6 rings (SSSR count). The van der Waals surface area contributed by atoms with Crippen molar-refractivity contribution in [3.05, 3.63) is 91.0 Å². The molecule has 0 saturated carbocycles. The summed E-state index contributed by atoms with van der Waals surface area (Å²) in [6.07, 6.45) is 0. The maximum atomic E-state index is 4.77. The Bertz CT molecular complexity index is 1480. The van der Waals surface area contributed by atoms with Crippen molar-refractivity contribution in [2.24, 2.45) is 0 Å². The summed E-state index contributed by atoms with van der Waals surface area (Å²) >= 11 is 1.52. The number of benzene rings is 3. The second-order valence-corrected chi connectivity index (χ2v) is 7.91. The number of hydrogen-bond acceptors (Lipinski definition) is 5. The van der Waals surface area contributed by atoms with E-state index in [9.17, 15) is 0 Å². The molecule has 0 bridgehead atoms. The topological polar surface area (TPSA) is 56.0 Å². The lowest BCUT2D eigenvalue weighted by atomic mass is 10.0. The van der Waals surface area contributed by atoms with Crippen LogP contribution >= 0.6 is 11.3 Å². The van der Waals surface area contributed by atoms with Crippen LogP contribution in [0.4, 0.5) is 0 Å². The first-order valence-electron chi connectivity index (χ1n) is 9.59. The minimum atomic E-state index is 0.652. The summed E-state index contributed by atoms with van der Waals surface area (Å²) in [6.45, 7) is 0. The fraction of sp³-hybridized carbons (Fsp3) is 0. The van der Waals surface area contributed by atoms with Crippen molar-refractivity contribution >= 4 is 27.2 Å². The van der Waals surface area contributed by atoms with Gasteiger partial charge in [0.2, 0.25) is 10.8 Å². The van der Waals surface area contributed by atoms with Gasteiger partial charge in [-0.3, -0.25) is 0 Å². The van der Waals surface area contributed by atoms with E-state index in [0.717, 1.165) is 32.1 Å². The molecule has 6 aromatic rings. The van der Waals surface area contributed by atoms with Crippen molar-refractivity contribution in [1.29, 1.82) is 0 Å². The number of rotatable bonds is 3.